The summed E-state index contributed by atoms with van der Waals surface area (Å²) in [4.78, 5) is 13.9. The first-order valence-electron chi connectivity index (χ1n) is 6.09. The van der Waals surface area contributed by atoms with Crippen LogP contribution < -0.4 is 5.73 Å². The largest absolute Gasteiger partial charge is 0.342 e. The van der Waals surface area contributed by atoms with Crippen LogP contribution in [0.4, 0.5) is 0 Å². The van der Waals surface area contributed by atoms with Gasteiger partial charge in [-0.1, -0.05) is 6.92 Å². The van der Waals surface area contributed by atoms with Gasteiger partial charge in [-0.3, -0.25) is 4.79 Å². The topological polar surface area (TPSA) is 80.5 Å². The number of rotatable bonds is 5. The zero-order valence-electron chi connectivity index (χ0n) is 10.6. The highest BCUT2D eigenvalue weighted by Gasteiger charge is 2.35. The average Bonchev–Trinajstić information content (AvgIpc) is 2.65. The summed E-state index contributed by atoms with van der Waals surface area (Å²) in [6.45, 7) is 5.65. The third kappa shape index (κ3) is 3.96. The zero-order chi connectivity index (χ0) is 13.1. The number of nitrogens with two attached hydrogens (primary N) is 1. The van der Waals surface area contributed by atoms with Crippen molar-refractivity contribution in [2.75, 3.05) is 31.1 Å². The molecular weight excluding hydrogens is 240 g/mol. The van der Waals surface area contributed by atoms with Crippen molar-refractivity contribution in [3.05, 3.63) is 0 Å². The molecule has 1 saturated heterocycles. The summed E-state index contributed by atoms with van der Waals surface area (Å²) in [5.41, 5.74) is 5.54. The predicted octanol–water partition coefficient (Wildman–Crippen LogP) is -0.136. The van der Waals surface area contributed by atoms with E-state index in [-0.39, 0.29) is 29.2 Å². The van der Waals surface area contributed by atoms with Crippen LogP contribution in [0.25, 0.3) is 0 Å². The van der Waals surface area contributed by atoms with Gasteiger partial charge in [0.15, 0.2) is 9.84 Å². The molecule has 0 aliphatic carbocycles. The Bertz CT molecular complexity index is 367. The number of sulfone groups is 1. The smallest absolute Gasteiger partial charge is 0.226 e. The number of carbonyl (C=O) groups excluding carboxylic acids is 1. The highest BCUT2D eigenvalue weighted by molar-refractivity contribution is 7.91. The van der Waals surface area contributed by atoms with E-state index in [0.29, 0.717) is 26.1 Å². The summed E-state index contributed by atoms with van der Waals surface area (Å²) < 4.78 is 22.7. The van der Waals surface area contributed by atoms with Crippen LogP contribution in [0.2, 0.25) is 0 Å². The molecule has 17 heavy (non-hydrogen) atoms. The van der Waals surface area contributed by atoms with E-state index >= 15 is 0 Å². The predicted molar refractivity (Wildman–Crippen MR) is 67.2 cm³/mol. The second kappa shape index (κ2) is 5.82. The fourth-order valence-corrected chi connectivity index (χ4v) is 3.81. The van der Waals surface area contributed by atoms with Crippen molar-refractivity contribution in [2.24, 2.45) is 17.6 Å². The van der Waals surface area contributed by atoms with Gasteiger partial charge < -0.3 is 10.6 Å². The van der Waals surface area contributed by atoms with Crippen molar-refractivity contribution in [3.8, 4) is 0 Å². The van der Waals surface area contributed by atoms with E-state index in [0.717, 1.165) is 0 Å². The van der Waals surface area contributed by atoms with Gasteiger partial charge in [-0.05, 0) is 25.8 Å². The second-order valence-corrected chi connectivity index (χ2v) is 7.05. The molecule has 1 heterocycles. The van der Waals surface area contributed by atoms with Crippen molar-refractivity contribution in [1.82, 2.24) is 4.90 Å². The molecule has 0 spiro atoms. The number of hydrogen-bond donors (Lipinski definition) is 1. The molecule has 1 aliphatic heterocycles. The first kappa shape index (κ1) is 14.4. The van der Waals surface area contributed by atoms with Crippen LogP contribution in [-0.4, -0.2) is 50.4 Å². The molecule has 0 saturated carbocycles. The maximum Gasteiger partial charge on any atom is 0.226 e. The van der Waals surface area contributed by atoms with Crippen molar-refractivity contribution < 1.29 is 13.2 Å². The Balaban J connectivity index is 2.61. The summed E-state index contributed by atoms with van der Waals surface area (Å²) in [5.74, 6) is 0.0305. The van der Waals surface area contributed by atoms with Crippen LogP contribution in [0.1, 0.15) is 20.3 Å². The molecular formula is C11H22N2O3S. The maximum absolute atomic E-state index is 12.1. The van der Waals surface area contributed by atoms with Gasteiger partial charge in [0.25, 0.3) is 0 Å². The fourth-order valence-electron chi connectivity index (χ4n) is 2.07. The fraction of sp³-hybridized carbons (Fsp3) is 0.909. The quantitative estimate of drug-likeness (QED) is 0.748. The molecule has 1 amide bonds. The monoisotopic (exact) mass is 262 g/mol. The maximum atomic E-state index is 12.1. The van der Waals surface area contributed by atoms with Crippen LogP contribution in [0.5, 0.6) is 0 Å². The lowest BCUT2D eigenvalue weighted by atomic mass is 10.1. The van der Waals surface area contributed by atoms with Gasteiger partial charge >= 0.3 is 0 Å². The molecule has 100 valence electrons. The second-order valence-electron chi connectivity index (χ2n) is 4.82. The molecule has 0 aromatic heterocycles. The van der Waals surface area contributed by atoms with Crippen LogP contribution in [0.15, 0.2) is 0 Å². The molecule has 0 radical (unpaired) electrons. The molecule has 6 heteroatoms. The number of hydrogen-bond acceptors (Lipinski definition) is 4. The lowest BCUT2D eigenvalue weighted by Gasteiger charge is -2.26. The first-order chi connectivity index (χ1) is 7.89. The van der Waals surface area contributed by atoms with Crippen molar-refractivity contribution in [1.29, 1.82) is 0 Å². The van der Waals surface area contributed by atoms with Gasteiger partial charge in [0.1, 0.15) is 0 Å². The third-order valence-corrected chi connectivity index (χ3v) is 4.98. The summed E-state index contributed by atoms with van der Waals surface area (Å²) in [6, 6.07) is 0. The number of nitrogens with zero attached hydrogens (tertiary/aromatic N) is 1. The molecule has 1 fully saturated rings. The van der Waals surface area contributed by atoms with Gasteiger partial charge in [0.05, 0.1) is 17.4 Å². The normalized spacial score (nSPS) is 24.5. The lowest BCUT2D eigenvalue weighted by molar-refractivity contribution is -0.135. The van der Waals surface area contributed by atoms with Gasteiger partial charge in [0.2, 0.25) is 5.91 Å². The first-order valence-corrected chi connectivity index (χ1v) is 7.91. The van der Waals surface area contributed by atoms with Crippen molar-refractivity contribution >= 4 is 15.7 Å². The highest BCUT2D eigenvalue weighted by Crippen LogP contribution is 2.21. The summed E-state index contributed by atoms with van der Waals surface area (Å²) in [7, 11) is -2.99. The average molecular weight is 262 g/mol. The van der Waals surface area contributed by atoms with Crippen molar-refractivity contribution in [2.45, 2.75) is 20.3 Å². The van der Waals surface area contributed by atoms with Gasteiger partial charge in [-0.2, -0.15) is 0 Å². The molecule has 2 atom stereocenters. The Labute approximate surface area is 103 Å². The minimum absolute atomic E-state index is 0.0132. The van der Waals surface area contributed by atoms with Gasteiger partial charge in [0, 0.05) is 13.1 Å². The van der Waals surface area contributed by atoms with E-state index in [1.165, 1.54) is 0 Å². The molecule has 1 aliphatic rings. The Morgan fingerprint density at radius 1 is 1.53 bits per heavy atom. The molecule has 0 aromatic carbocycles. The molecule has 5 nitrogen and oxygen atoms in total. The summed E-state index contributed by atoms with van der Waals surface area (Å²) >= 11 is 0. The van der Waals surface area contributed by atoms with Gasteiger partial charge in [-0.25, -0.2) is 8.42 Å². The standard InChI is InChI=1S/C11H22N2O3S/c1-3-13(7-9(2)6-12)11(14)10-4-5-17(15,16)8-10/h9-10H,3-8,12H2,1-2H3. The number of carbonyl (C=O) groups is 1. The zero-order valence-corrected chi connectivity index (χ0v) is 11.4. The van der Waals surface area contributed by atoms with E-state index in [9.17, 15) is 13.2 Å². The number of amides is 1. The van der Waals surface area contributed by atoms with Crippen LogP contribution >= 0.6 is 0 Å². The van der Waals surface area contributed by atoms with Crippen LogP contribution in [0, 0.1) is 11.8 Å². The van der Waals surface area contributed by atoms with E-state index < -0.39 is 9.84 Å². The van der Waals surface area contributed by atoms with E-state index in [2.05, 4.69) is 0 Å². The molecule has 2 N–H and O–H groups in total. The van der Waals surface area contributed by atoms with Crippen LogP contribution in [0.3, 0.4) is 0 Å². The highest BCUT2D eigenvalue weighted by atomic mass is 32.2. The molecule has 0 aromatic rings. The van der Waals surface area contributed by atoms with E-state index in [1.54, 1.807) is 4.90 Å². The Kier molecular flexibility index (Phi) is 4.94. The lowest BCUT2D eigenvalue weighted by Crippen LogP contribution is -2.40. The third-order valence-electron chi connectivity index (χ3n) is 3.21. The minimum Gasteiger partial charge on any atom is -0.342 e. The summed E-state index contributed by atoms with van der Waals surface area (Å²) in [5, 5.41) is 0. The SMILES string of the molecule is CCN(CC(C)CN)C(=O)C1CCS(=O)(=O)C1. The molecule has 2 unspecified atom stereocenters. The Hall–Kier alpha value is -0.620. The van der Waals surface area contributed by atoms with Crippen LogP contribution in [-0.2, 0) is 14.6 Å². The van der Waals surface area contributed by atoms with E-state index in [1.807, 2.05) is 13.8 Å². The Morgan fingerprint density at radius 3 is 2.59 bits per heavy atom. The minimum atomic E-state index is -2.99. The molecule has 1 rings (SSSR count). The van der Waals surface area contributed by atoms with Crippen molar-refractivity contribution in [3.63, 3.8) is 0 Å². The Morgan fingerprint density at radius 2 is 2.18 bits per heavy atom. The van der Waals surface area contributed by atoms with E-state index in [4.69, 9.17) is 5.73 Å². The van der Waals surface area contributed by atoms with Gasteiger partial charge in [-0.15, -0.1) is 0 Å². The molecule has 0 bridgehead atoms. The summed E-state index contributed by atoms with van der Waals surface area (Å²) in [6.07, 6.45) is 0.467.